The second kappa shape index (κ2) is 3.86. The van der Waals surface area contributed by atoms with Gasteiger partial charge in [0.15, 0.2) is 11.3 Å². The molecule has 0 fully saturated rings. The number of pyridine rings is 1. The molecule has 0 atom stereocenters. The zero-order chi connectivity index (χ0) is 10.8. The molecule has 2 heterocycles. The van der Waals surface area contributed by atoms with Crippen LogP contribution in [0.1, 0.15) is 16.3 Å². The molecule has 15 heavy (non-hydrogen) atoms. The summed E-state index contributed by atoms with van der Waals surface area (Å²) in [5.74, 6) is 0.428. The number of nitrogens with zero attached hydrogens (tertiary/aromatic N) is 2. The summed E-state index contributed by atoms with van der Waals surface area (Å²) < 4.78 is 4.55. The summed E-state index contributed by atoms with van der Waals surface area (Å²) in [4.78, 5) is 22.3. The first kappa shape index (κ1) is 9.92. The average molecular weight is 226 g/mol. The number of carbonyl (C=O) groups excluding carboxylic acids is 1. The van der Waals surface area contributed by atoms with Crippen molar-refractivity contribution in [2.24, 2.45) is 0 Å². The smallest absolute Gasteiger partial charge is 0.356 e. The molecule has 0 aliphatic heterocycles. The van der Waals surface area contributed by atoms with Crippen molar-refractivity contribution in [2.75, 3.05) is 7.11 Å². The molecule has 2 aromatic rings. The van der Waals surface area contributed by atoms with Gasteiger partial charge in [-0.1, -0.05) is 0 Å². The van der Waals surface area contributed by atoms with E-state index in [0.29, 0.717) is 11.5 Å². The van der Waals surface area contributed by atoms with Crippen LogP contribution in [0, 0.1) is 0 Å². The number of aromatic amines is 1. The van der Waals surface area contributed by atoms with Gasteiger partial charge in [0.25, 0.3) is 0 Å². The predicted octanol–water partition coefficient (Wildman–Crippen LogP) is 1.48. The molecule has 0 amide bonds. The van der Waals surface area contributed by atoms with Crippen molar-refractivity contribution in [3.8, 4) is 0 Å². The lowest BCUT2D eigenvalue weighted by atomic mass is 10.3. The minimum Gasteiger partial charge on any atom is -0.464 e. The first-order valence-corrected chi connectivity index (χ1v) is 4.78. The van der Waals surface area contributed by atoms with Crippen LogP contribution >= 0.6 is 11.6 Å². The van der Waals surface area contributed by atoms with Crippen LogP contribution < -0.4 is 0 Å². The number of hydrogen-bond acceptors (Lipinski definition) is 4. The topological polar surface area (TPSA) is 67.9 Å². The maximum atomic E-state index is 11.2. The monoisotopic (exact) mass is 225 g/mol. The first-order chi connectivity index (χ1) is 7.24. The van der Waals surface area contributed by atoms with Crippen LogP contribution in [-0.2, 0) is 10.6 Å². The minimum atomic E-state index is -0.479. The molecule has 0 radical (unpaired) electrons. The fourth-order valence-electron chi connectivity index (χ4n) is 1.22. The van der Waals surface area contributed by atoms with Crippen LogP contribution in [0.4, 0.5) is 0 Å². The summed E-state index contributed by atoms with van der Waals surface area (Å²) in [5.41, 5.74) is 1.45. The van der Waals surface area contributed by atoms with Gasteiger partial charge in [0.2, 0.25) is 0 Å². The van der Waals surface area contributed by atoms with E-state index in [0.717, 1.165) is 5.52 Å². The highest BCUT2D eigenvalue weighted by atomic mass is 35.5. The van der Waals surface area contributed by atoms with Crippen molar-refractivity contribution in [3.05, 3.63) is 23.7 Å². The Bertz CT molecular complexity index is 509. The van der Waals surface area contributed by atoms with Crippen LogP contribution in [0.25, 0.3) is 11.2 Å². The summed E-state index contributed by atoms with van der Waals surface area (Å²) in [6, 6.07) is 3.29. The van der Waals surface area contributed by atoms with Crippen molar-refractivity contribution < 1.29 is 9.53 Å². The zero-order valence-electron chi connectivity index (χ0n) is 7.95. The molecule has 0 aromatic carbocycles. The van der Waals surface area contributed by atoms with Gasteiger partial charge in [0, 0.05) is 0 Å². The van der Waals surface area contributed by atoms with E-state index in [2.05, 4.69) is 19.7 Å². The number of hydrogen-bond donors (Lipinski definition) is 1. The molecule has 0 aliphatic carbocycles. The first-order valence-electron chi connectivity index (χ1n) is 4.24. The number of carbonyl (C=O) groups is 1. The molecule has 0 spiro atoms. The third kappa shape index (κ3) is 1.78. The van der Waals surface area contributed by atoms with Crippen LogP contribution in [0.5, 0.6) is 0 Å². The molecule has 5 nitrogen and oxygen atoms in total. The van der Waals surface area contributed by atoms with Gasteiger partial charge in [-0.15, -0.1) is 11.6 Å². The molecule has 0 saturated heterocycles. The Morgan fingerprint density at radius 3 is 3.00 bits per heavy atom. The lowest BCUT2D eigenvalue weighted by Gasteiger charge is -1.96. The molecule has 0 bridgehead atoms. The highest BCUT2D eigenvalue weighted by molar-refractivity contribution is 6.16. The number of esters is 1. The molecular weight excluding hydrogens is 218 g/mol. The average Bonchev–Trinajstić information content (AvgIpc) is 2.69. The summed E-state index contributed by atoms with van der Waals surface area (Å²) >= 11 is 5.61. The summed E-state index contributed by atoms with van der Waals surface area (Å²) in [7, 11) is 1.31. The SMILES string of the molecule is COC(=O)c1ccc2[nH]c(CCl)nc2n1. The van der Waals surface area contributed by atoms with Gasteiger partial charge in [-0.25, -0.2) is 14.8 Å². The third-order valence-electron chi connectivity index (χ3n) is 1.92. The number of rotatable bonds is 2. The number of ether oxygens (including phenoxy) is 1. The Hall–Kier alpha value is -1.62. The van der Waals surface area contributed by atoms with Gasteiger partial charge in [-0.2, -0.15) is 0 Å². The molecule has 2 rings (SSSR count). The van der Waals surface area contributed by atoms with Crippen molar-refractivity contribution in [2.45, 2.75) is 5.88 Å². The number of alkyl halides is 1. The van der Waals surface area contributed by atoms with Crippen LogP contribution in [0.3, 0.4) is 0 Å². The van der Waals surface area contributed by atoms with E-state index in [4.69, 9.17) is 11.6 Å². The van der Waals surface area contributed by atoms with E-state index in [1.54, 1.807) is 12.1 Å². The fraction of sp³-hybridized carbons (Fsp3) is 0.222. The second-order valence-corrected chi connectivity index (χ2v) is 3.14. The van der Waals surface area contributed by atoms with E-state index < -0.39 is 5.97 Å². The van der Waals surface area contributed by atoms with Gasteiger partial charge < -0.3 is 9.72 Å². The summed E-state index contributed by atoms with van der Waals surface area (Å²) in [5, 5.41) is 0. The van der Waals surface area contributed by atoms with E-state index >= 15 is 0 Å². The maximum absolute atomic E-state index is 11.2. The zero-order valence-corrected chi connectivity index (χ0v) is 8.71. The van der Waals surface area contributed by atoms with Crippen molar-refractivity contribution in [3.63, 3.8) is 0 Å². The largest absolute Gasteiger partial charge is 0.464 e. The number of aromatic nitrogens is 3. The van der Waals surface area contributed by atoms with Crippen molar-refractivity contribution in [1.29, 1.82) is 0 Å². The van der Waals surface area contributed by atoms with Crippen molar-refractivity contribution >= 4 is 28.7 Å². The highest BCUT2D eigenvalue weighted by Gasteiger charge is 2.10. The summed E-state index contributed by atoms with van der Waals surface area (Å²) in [6.07, 6.45) is 0. The molecule has 2 aromatic heterocycles. The van der Waals surface area contributed by atoms with Gasteiger partial charge in [0.1, 0.15) is 5.82 Å². The van der Waals surface area contributed by atoms with E-state index in [-0.39, 0.29) is 11.6 Å². The van der Waals surface area contributed by atoms with Crippen LogP contribution in [0.15, 0.2) is 12.1 Å². The summed E-state index contributed by atoms with van der Waals surface area (Å²) in [6.45, 7) is 0. The second-order valence-electron chi connectivity index (χ2n) is 2.88. The number of H-pyrrole nitrogens is 1. The fourth-order valence-corrected chi connectivity index (χ4v) is 1.35. The Kier molecular flexibility index (Phi) is 2.55. The van der Waals surface area contributed by atoms with E-state index in [1.165, 1.54) is 7.11 Å². The van der Waals surface area contributed by atoms with Crippen LogP contribution in [0.2, 0.25) is 0 Å². The molecule has 0 unspecified atom stereocenters. The number of imidazole rings is 1. The quantitative estimate of drug-likeness (QED) is 0.621. The number of halogens is 1. The number of nitrogens with one attached hydrogen (secondary N) is 1. The van der Waals surface area contributed by atoms with E-state index in [9.17, 15) is 4.79 Å². The van der Waals surface area contributed by atoms with E-state index in [1.807, 2.05) is 0 Å². The number of methoxy groups -OCH3 is 1. The van der Waals surface area contributed by atoms with Crippen molar-refractivity contribution in [1.82, 2.24) is 15.0 Å². The standard InChI is InChI=1S/C9H8ClN3O2/c1-15-9(14)6-3-2-5-8(12-6)13-7(4-10)11-5/h2-3H,4H2,1H3,(H,11,12,13). The molecule has 0 aliphatic rings. The molecule has 1 N–H and O–H groups in total. The maximum Gasteiger partial charge on any atom is 0.356 e. The number of fused-ring (bicyclic) bond motifs is 1. The minimum absolute atomic E-state index is 0.234. The molecule has 0 saturated carbocycles. The lowest BCUT2D eigenvalue weighted by molar-refractivity contribution is 0.0594. The molecular formula is C9H8ClN3O2. The Balaban J connectivity index is 2.50. The predicted molar refractivity (Wildman–Crippen MR) is 54.8 cm³/mol. The normalized spacial score (nSPS) is 10.5. The molecule has 6 heteroatoms. The Morgan fingerprint density at radius 1 is 1.53 bits per heavy atom. The lowest BCUT2D eigenvalue weighted by Crippen LogP contribution is -2.03. The molecule has 78 valence electrons. The van der Waals surface area contributed by atoms with Crippen LogP contribution in [-0.4, -0.2) is 28.0 Å². The van der Waals surface area contributed by atoms with Gasteiger partial charge in [-0.3, -0.25) is 0 Å². The Morgan fingerprint density at radius 2 is 2.33 bits per heavy atom. The van der Waals surface area contributed by atoms with Gasteiger partial charge >= 0.3 is 5.97 Å². The highest BCUT2D eigenvalue weighted by Crippen LogP contribution is 2.11. The third-order valence-corrected chi connectivity index (χ3v) is 2.17. The van der Waals surface area contributed by atoms with Gasteiger partial charge in [-0.05, 0) is 12.1 Å². The Labute approximate surface area is 90.4 Å². The van der Waals surface area contributed by atoms with Gasteiger partial charge in [0.05, 0.1) is 18.5 Å².